The molecule has 0 saturated heterocycles. The van der Waals surface area contributed by atoms with Crippen LogP contribution in [-0.4, -0.2) is 24.1 Å². The van der Waals surface area contributed by atoms with Crippen LogP contribution in [0.4, 0.5) is 0 Å². The predicted octanol–water partition coefficient (Wildman–Crippen LogP) is 4.09. The molecule has 0 saturated carbocycles. The Balaban J connectivity index is 2.31. The molecule has 108 valence electrons. The zero-order valence-corrected chi connectivity index (χ0v) is 13.4. The van der Waals surface area contributed by atoms with E-state index in [1.165, 1.54) is 22.7 Å². The number of hydrogen-bond donors (Lipinski definition) is 0. The lowest BCUT2D eigenvalue weighted by Crippen LogP contribution is -2.23. The van der Waals surface area contributed by atoms with Crippen LogP contribution in [0, 0.1) is 0 Å². The quantitative estimate of drug-likeness (QED) is 0.801. The van der Waals surface area contributed by atoms with Gasteiger partial charge in [-0.15, -0.1) is 22.7 Å². The average molecular weight is 312 g/mol. The molecule has 6 heteroatoms. The molecule has 0 N–H and O–H groups in total. The Labute approximate surface area is 125 Å². The van der Waals surface area contributed by atoms with Crippen LogP contribution in [0.3, 0.4) is 0 Å². The van der Waals surface area contributed by atoms with Crippen molar-refractivity contribution in [2.45, 2.75) is 33.3 Å². The molecule has 0 atom stereocenters. The Morgan fingerprint density at radius 1 is 1.25 bits per heavy atom. The third-order valence-corrected chi connectivity index (χ3v) is 4.60. The van der Waals surface area contributed by atoms with Crippen LogP contribution in [0.2, 0.25) is 0 Å². The molecule has 2 heterocycles. The molecule has 0 unspecified atom stereocenters. The number of carbonyl (C=O) groups is 2. The van der Waals surface area contributed by atoms with Gasteiger partial charge in [0.2, 0.25) is 0 Å². The summed E-state index contributed by atoms with van der Waals surface area (Å²) < 4.78 is 11.3. The van der Waals surface area contributed by atoms with Gasteiger partial charge in [0.25, 0.3) is 0 Å². The Bertz CT molecular complexity index is 646. The topological polar surface area (TPSA) is 52.6 Å². The lowest BCUT2D eigenvalue weighted by molar-refractivity contribution is 0.00750. The van der Waals surface area contributed by atoms with E-state index < -0.39 is 5.60 Å². The second kappa shape index (κ2) is 5.54. The fourth-order valence-electron chi connectivity index (χ4n) is 1.62. The zero-order valence-electron chi connectivity index (χ0n) is 11.8. The van der Waals surface area contributed by atoms with Crippen LogP contribution in [0.15, 0.2) is 11.4 Å². The van der Waals surface area contributed by atoms with Gasteiger partial charge in [0, 0.05) is 10.8 Å². The van der Waals surface area contributed by atoms with Crippen LogP contribution in [0.1, 0.15) is 47.7 Å². The minimum absolute atomic E-state index is 0.333. The highest BCUT2D eigenvalue weighted by Gasteiger charge is 2.22. The monoisotopic (exact) mass is 312 g/mol. The van der Waals surface area contributed by atoms with Gasteiger partial charge in [-0.3, -0.25) is 0 Å². The summed E-state index contributed by atoms with van der Waals surface area (Å²) in [5.74, 6) is -0.715. The molecule has 4 nitrogen and oxygen atoms in total. The van der Waals surface area contributed by atoms with Crippen molar-refractivity contribution in [2.75, 3.05) is 6.61 Å². The average Bonchev–Trinajstić information content (AvgIpc) is 2.85. The van der Waals surface area contributed by atoms with Crippen LogP contribution in [0.5, 0.6) is 0 Å². The van der Waals surface area contributed by atoms with Crippen LogP contribution < -0.4 is 0 Å². The number of carbonyl (C=O) groups excluding carboxylic acids is 2. The second-order valence-electron chi connectivity index (χ2n) is 5.18. The summed E-state index contributed by atoms with van der Waals surface area (Å²) in [4.78, 5) is 24.3. The first-order valence-corrected chi connectivity index (χ1v) is 7.93. The van der Waals surface area contributed by atoms with E-state index in [9.17, 15) is 9.59 Å². The van der Waals surface area contributed by atoms with Gasteiger partial charge in [0.05, 0.1) is 16.2 Å². The van der Waals surface area contributed by atoms with E-state index in [1.54, 1.807) is 18.4 Å². The Morgan fingerprint density at radius 3 is 2.55 bits per heavy atom. The van der Waals surface area contributed by atoms with E-state index in [4.69, 9.17) is 9.47 Å². The van der Waals surface area contributed by atoms with Gasteiger partial charge < -0.3 is 9.47 Å². The maximum absolute atomic E-state index is 12.0. The molecule has 2 aromatic heterocycles. The van der Waals surface area contributed by atoms with Gasteiger partial charge in [0.1, 0.15) is 10.5 Å². The summed E-state index contributed by atoms with van der Waals surface area (Å²) in [6, 6.07) is 1.71. The minimum Gasteiger partial charge on any atom is -0.462 e. The Kier molecular flexibility index (Phi) is 4.15. The zero-order chi connectivity index (χ0) is 14.9. The fourth-order valence-corrected chi connectivity index (χ4v) is 3.75. The van der Waals surface area contributed by atoms with E-state index >= 15 is 0 Å². The van der Waals surface area contributed by atoms with E-state index in [0.29, 0.717) is 17.0 Å². The highest BCUT2D eigenvalue weighted by atomic mass is 32.2. The van der Waals surface area contributed by atoms with Crippen molar-refractivity contribution in [3.05, 3.63) is 21.9 Å². The first kappa shape index (κ1) is 15.0. The number of fused-ring (bicyclic) bond motifs is 1. The van der Waals surface area contributed by atoms with Crippen molar-refractivity contribution < 1.29 is 19.1 Å². The molecule has 0 aliphatic rings. The molecule has 0 aliphatic carbocycles. The summed E-state index contributed by atoms with van der Waals surface area (Å²) in [6.07, 6.45) is 0. The fraction of sp³-hybridized carbons (Fsp3) is 0.429. The summed E-state index contributed by atoms with van der Waals surface area (Å²) in [6.45, 7) is 7.57. The highest BCUT2D eigenvalue weighted by molar-refractivity contribution is 7.38. The normalized spacial score (nSPS) is 11.6. The van der Waals surface area contributed by atoms with Gasteiger partial charge >= 0.3 is 11.9 Å². The summed E-state index contributed by atoms with van der Waals surface area (Å²) in [5, 5.41) is 2.53. The number of rotatable bonds is 3. The second-order valence-corrected chi connectivity index (χ2v) is 7.37. The Hall–Kier alpha value is -1.40. The highest BCUT2D eigenvalue weighted by Crippen LogP contribution is 2.35. The molecule has 0 spiro atoms. The molecule has 0 bridgehead atoms. The van der Waals surface area contributed by atoms with Gasteiger partial charge in [-0.1, -0.05) is 0 Å². The van der Waals surface area contributed by atoms with Gasteiger partial charge in [0.15, 0.2) is 0 Å². The first-order chi connectivity index (χ1) is 9.31. The van der Waals surface area contributed by atoms with E-state index in [-0.39, 0.29) is 11.9 Å². The third kappa shape index (κ3) is 3.19. The molecule has 0 radical (unpaired) electrons. The van der Waals surface area contributed by atoms with Crippen molar-refractivity contribution in [1.29, 1.82) is 0 Å². The summed E-state index contributed by atoms with van der Waals surface area (Å²) in [5.41, 5.74) is -0.0173. The van der Waals surface area contributed by atoms with Gasteiger partial charge in [-0.2, -0.15) is 0 Å². The molecule has 0 aliphatic heterocycles. The van der Waals surface area contributed by atoms with Gasteiger partial charge in [-0.05, 0) is 33.8 Å². The molecule has 20 heavy (non-hydrogen) atoms. The molecule has 2 rings (SSSR count). The Morgan fingerprint density at radius 2 is 1.95 bits per heavy atom. The molecule has 0 fully saturated rings. The smallest absolute Gasteiger partial charge is 0.348 e. The summed E-state index contributed by atoms with van der Waals surface area (Å²) >= 11 is 2.77. The molecular weight excluding hydrogens is 296 g/mol. The largest absolute Gasteiger partial charge is 0.462 e. The maximum Gasteiger partial charge on any atom is 0.348 e. The number of esters is 2. The van der Waals surface area contributed by atoms with Crippen LogP contribution in [-0.2, 0) is 9.47 Å². The third-order valence-electron chi connectivity index (χ3n) is 2.37. The molecule has 0 amide bonds. The van der Waals surface area contributed by atoms with Crippen molar-refractivity contribution in [2.24, 2.45) is 0 Å². The number of thiophene rings is 2. The number of hydrogen-bond acceptors (Lipinski definition) is 6. The molecule has 2 aromatic rings. The van der Waals surface area contributed by atoms with E-state index in [2.05, 4.69) is 0 Å². The molecular formula is C14H16O4S2. The maximum atomic E-state index is 12.0. The summed E-state index contributed by atoms with van der Waals surface area (Å²) in [7, 11) is 0. The van der Waals surface area contributed by atoms with Crippen LogP contribution >= 0.6 is 22.7 Å². The predicted molar refractivity (Wildman–Crippen MR) is 80.8 cm³/mol. The first-order valence-electron chi connectivity index (χ1n) is 6.23. The van der Waals surface area contributed by atoms with Crippen molar-refractivity contribution in [1.82, 2.24) is 0 Å². The van der Waals surface area contributed by atoms with Crippen molar-refractivity contribution in [3.8, 4) is 0 Å². The standard InChI is InChI=1S/C14H16O4S2/c1-5-17-11(15)9-7-19-13-8(9)6-10(20-13)12(16)18-14(2,3)4/h6-7H,5H2,1-4H3. The van der Waals surface area contributed by atoms with E-state index in [0.717, 1.165) is 9.40 Å². The van der Waals surface area contributed by atoms with E-state index in [1.807, 2.05) is 20.8 Å². The van der Waals surface area contributed by atoms with Crippen molar-refractivity contribution >= 4 is 44.0 Å². The SMILES string of the molecule is CCOC(=O)c1csc2sc(C(=O)OC(C)(C)C)cc12. The molecule has 0 aromatic carbocycles. The minimum atomic E-state index is -0.529. The lowest BCUT2D eigenvalue weighted by Gasteiger charge is -2.18. The number of ether oxygens (including phenoxy) is 2. The van der Waals surface area contributed by atoms with Crippen molar-refractivity contribution in [3.63, 3.8) is 0 Å². The van der Waals surface area contributed by atoms with Crippen LogP contribution in [0.25, 0.3) is 9.40 Å². The lowest BCUT2D eigenvalue weighted by atomic mass is 10.2. The van der Waals surface area contributed by atoms with Gasteiger partial charge in [-0.25, -0.2) is 9.59 Å².